The first-order valence-electron chi connectivity index (χ1n) is 6.51. The molecule has 0 saturated carbocycles. The van der Waals surface area contributed by atoms with Crippen molar-refractivity contribution in [3.63, 3.8) is 0 Å². The number of nitrogens with zero attached hydrogens (tertiary/aromatic N) is 2. The van der Waals surface area contributed by atoms with Crippen molar-refractivity contribution in [1.82, 2.24) is 15.5 Å². The van der Waals surface area contributed by atoms with Gasteiger partial charge in [-0.25, -0.2) is 0 Å². The number of amides is 1. The summed E-state index contributed by atoms with van der Waals surface area (Å²) in [6.07, 6.45) is -5.13. The van der Waals surface area contributed by atoms with Crippen molar-refractivity contribution in [2.24, 2.45) is 0 Å². The predicted molar refractivity (Wildman–Crippen MR) is 74.0 cm³/mol. The lowest BCUT2D eigenvalue weighted by Gasteiger charge is -2.14. The van der Waals surface area contributed by atoms with Gasteiger partial charge in [-0.05, 0) is 17.7 Å². The van der Waals surface area contributed by atoms with Gasteiger partial charge in [-0.1, -0.05) is 12.1 Å². The fraction of sp³-hybridized carbons (Fsp3) is 0.231. The number of H-pyrrole nitrogens is 1. The van der Waals surface area contributed by atoms with Crippen LogP contribution in [0.2, 0.25) is 0 Å². The van der Waals surface area contributed by atoms with Gasteiger partial charge in [-0.3, -0.25) is 20.0 Å². The molecule has 0 fully saturated rings. The summed E-state index contributed by atoms with van der Waals surface area (Å²) in [4.78, 5) is 21.7. The molecule has 8 nitrogen and oxygen atoms in total. The van der Waals surface area contributed by atoms with E-state index in [4.69, 9.17) is 0 Å². The van der Waals surface area contributed by atoms with Crippen LogP contribution in [0, 0.1) is 10.1 Å². The molecular formula is C13H11F3N4O4. The number of carbonyl (C=O) groups is 1. The van der Waals surface area contributed by atoms with Crippen LogP contribution in [0.3, 0.4) is 0 Å². The van der Waals surface area contributed by atoms with E-state index in [0.29, 0.717) is 0 Å². The van der Waals surface area contributed by atoms with Crippen LogP contribution in [0.25, 0.3) is 0 Å². The summed E-state index contributed by atoms with van der Waals surface area (Å²) in [5, 5.41) is 28.3. The van der Waals surface area contributed by atoms with Gasteiger partial charge in [0.05, 0.1) is 16.6 Å². The molecule has 11 heteroatoms. The topological polar surface area (TPSA) is 121 Å². The molecule has 0 spiro atoms. The molecule has 0 bridgehead atoms. The second kappa shape index (κ2) is 6.66. The summed E-state index contributed by atoms with van der Waals surface area (Å²) in [6, 6.07) is 4.01. The van der Waals surface area contributed by atoms with Crippen LogP contribution in [-0.2, 0) is 6.18 Å². The number of alkyl halides is 3. The Hall–Kier alpha value is -2.95. The Kier molecular flexibility index (Phi) is 4.83. The highest BCUT2D eigenvalue weighted by molar-refractivity contribution is 5.95. The molecule has 2 aromatic rings. The van der Waals surface area contributed by atoms with Crippen LogP contribution in [0.1, 0.15) is 27.7 Å². The van der Waals surface area contributed by atoms with Crippen molar-refractivity contribution in [2.45, 2.75) is 12.3 Å². The fourth-order valence-electron chi connectivity index (χ4n) is 1.90. The highest BCUT2D eigenvalue weighted by Crippen LogP contribution is 2.30. The van der Waals surface area contributed by atoms with Gasteiger partial charge in [-0.2, -0.15) is 18.3 Å². The molecule has 1 unspecified atom stereocenters. The molecular weight excluding hydrogens is 333 g/mol. The number of benzene rings is 1. The number of carbonyl (C=O) groups excluding carboxylic acids is 1. The van der Waals surface area contributed by atoms with E-state index < -0.39 is 46.6 Å². The highest BCUT2D eigenvalue weighted by atomic mass is 19.4. The number of aliphatic hydroxyl groups is 1. The third-order valence-electron chi connectivity index (χ3n) is 3.10. The molecule has 0 aliphatic carbocycles. The van der Waals surface area contributed by atoms with Crippen LogP contribution in [0.4, 0.5) is 18.9 Å². The Morgan fingerprint density at radius 1 is 1.46 bits per heavy atom. The van der Waals surface area contributed by atoms with Crippen molar-refractivity contribution in [3.05, 3.63) is 57.4 Å². The van der Waals surface area contributed by atoms with E-state index in [0.717, 1.165) is 24.4 Å². The summed E-state index contributed by atoms with van der Waals surface area (Å²) in [6.45, 7) is -0.434. The zero-order valence-electron chi connectivity index (χ0n) is 11.9. The maximum atomic E-state index is 12.6. The molecule has 1 aromatic heterocycles. The summed E-state index contributed by atoms with van der Waals surface area (Å²) < 4.78 is 37.9. The lowest BCUT2D eigenvalue weighted by molar-refractivity contribution is -0.385. The number of nitro groups is 1. The van der Waals surface area contributed by atoms with Crippen LogP contribution in [0.5, 0.6) is 0 Å². The van der Waals surface area contributed by atoms with E-state index >= 15 is 0 Å². The zero-order valence-corrected chi connectivity index (χ0v) is 11.9. The number of aliphatic hydroxyl groups excluding tert-OH is 1. The molecule has 1 atom stereocenters. The van der Waals surface area contributed by atoms with Crippen LogP contribution in [0.15, 0.2) is 30.5 Å². The minimum Gasteiger partial charge on any atom is -0.387 e. The smallest absolute Gasteiger partial charge is 0.387 e. The fourth-order valence-corrected chi connectivity index (χ4v) is 1.90. The summed E-state index contributed by atoms with van der Waals surface area (Å²) in [5.41, 5.74) is -1.96. The first-order chi connectivity index (χ1) is 11.2. The molecule has 0 aliphatic heterocycles. The number of halogens is 3. The van der Waals surface area contributed by atoms with Gasteiger partial charge in [0.15, 0.2) is 0 Å². The Labute approximate surface area is 132 Å². The van der Waals surface area contributed by atoms with Gasteiger partial charge < -0.3 is 10.4 Å². The third kappa shape index (κ3) is 3.87. The minimum atomic E-state index is -4.56. The summed E-state index contributed by atoms with van der Waals surface area (Å²) in [5.74, 6) is -0.912. The molecule has 3 N–H and O–H groups in total. The second-order valence-corrected chi connectivity index (χ2v) is 4.74. The maximum absolute atomic E-state index is 12.6. The number of nitrogens with one attached hydrogen (secondary N) is 2. The van der Waals surface area contributed by atoms with E-state index in [9.17, 15) is 33.2 Å². The van der Waals surface area contributed by atoms with E-state index in [1.165, 1.54) is 6.07 Å². The Morgan fingerprint density at radius 3 is 2.79 bits per heavy atom. The lowest BCUT2D eigenvalue weighted by Crippen LogP contribution is -2.29. The van der Waals surface area contributed by atoms with Crippen molar-refractivity contribution in [2.75, 3.05) is 6.54 Å². The number of hydrogen-bond acceptors (Lipinski definition) is 5. The summed E-state index contributed by atoms with van der Waals surface area (Å²) >= 11 is 0. The number of rotatable bonds is 5. The molecule has 24 heavy (non-hydrogen) atoms. The van der Waals surface area contributed by atoms with E-state index in [1.807, 2.05) is 0 Å². The monoisotopic (exact) mass is 344 g/mol. The number of aromatic amines is 1. The first kappa shape index (κ1) is 17.4. The molecule has 0 saturated heterocycles. The van der Waals surface area contributed by atoms with Gasteiger partial charge in [0.2, 0.25) is 5.69 Å². The standard InChI is InChI=1S/C13H11F3N4O4/c14-13(15,16)8-3-1-2-7(4-8)10(21)6-17-12(22)11-9(20(23)24)5-18-19-11/h1-5,10,21H,6H2,(H,17,22)(H,18,19). The molecule has 1 amide bonds. The molecule has 128 valence electrons. The van der Waals surface area contributed by atoms with Crippen LogP contribution >= 0.6 is 0 Å². The van der Waals surface area contributed by atoms with Gasteiger partial charge >= 0.3 is 11.9 Å². The van der Waals surface area contributed by atoms with Gasteiger partial charge in [0.25, 0.3) is 5.91 Å². The molecule has 1 heterocycles. The predicted octanol–water partition coefficient (Wildman–Crippen LogP) is 1.80. The molecule has 0 aliphatic rings. The minimum absolute atomic E-state index is 0.0516. The second-order valence-electron chi connectivity index (χ2n) is 4.74. The van der Waals surface area contributed by atoms with E-state index in [-0.39, 0.29) is 5.56 Å². The van der Waals surface area contributed by atoms with Gasteiger partial charge in [-0.15, -0.1) is 0 Å². The van der Waals surface area contributed by atoms with Crippen molar-refractivity contribution in [1.29, 1.82) is 0 Å². The average Bonchev–Trinajstić information content (AvgIpc) is 3.01. The lowest BCUT2D eigenvalue weighted by atomic mass is 10.1. The van der Waals surface area contributed by atoms with Crippen molar-refractivity contribution in [3.8, 4) is 0 Å². The maximum Gasteiger partial charge on any atom is 0.416 e. The Balaban J connectivity index is 2.05. The largest absolute Gasteiger partial charge is 0.416 e. The quantitative estimate of drug-likeness (QED) is 0.564. The zero-order chi connectivity index (χ0) is 17.9. The molecule has 0 radical (unpaired) electrons. The normalized spacial score (nSPS) is 12.7. The molecule has 1 aromatic carbocycles. The van der Waals surface area contributed by atoms with Crippen molar-refractivity contribution < 1.29 is 28.0 Å². The van der Waals surface area contributed by atoms with Gasteiger partial charge in [0, 0.05) is 6.54 Å². The molecule has 2 rings (SSSR count). The third-order valence-corrected chi connectivity index (χ3v) is 3.10. The SMILES string of the molecule is O=C(NCC(O)c1cccc(C(F)(F)F)c1)c1[nH]ncc1[N+](=O)[O-]. The number of hydrogen-bond donors (Lipinski definition) is 3. The van der Waals surface area contributed by atoms with E-state index in [2.05, 4.69) is 15.5 Å². The number of aromatic nitrogens is 2. The Morgan fingerprint density at radius 2 is 2.17 bits per heavy atom. The van der Waals surface area contributed by atoms with Crippen LogP contribution in [-0.4, -0.2) is 32.7 Å². The van der Waals surface area contributed by atoms with Crippen LogP contribution < -0.4 is 5.32 Å². The Bertz CT molecular complexity index is 760. The summed E-state index contributed by atoms with van der Waals surface area (Å²) in [7, 11) is 0. The average molecular weight is 344 g/mol. The first-order valence-corrected chi connectivity index (χ1v) is 6.51. The highest BCUT2D eigenvalue weighted by Gasteiger charge is 2.31. The van der Waals surface area contributed by atoms with Gasteiger partial charge in [0.1, 0.15) is 6.20 Å². The van der Waals surface area contributed by atoms with Crippen molar-refractivity contribution >= 4 is 11.6 Å². The van der Waals surface area contributed by atoms with E-state index in [1.54, 1.807) is 0 Å².